The van der Waals surface area contributed by atoms with Crippen LogP contribution in [-0.4, -0.2) is 44.4 Å². The van der Waals surface area contributed by atoms with Crippen LogP contribution in [0.5, 0.6) is 0 Å². The van der Waals surface area contributed by atoms with Gasteiger partial charge < -0.3 is 10.2 Å². The van der Waals surface area contributed by atoms with Crippen LogP contribution in [0.1, 0.15) is 29.6 Å². The van der Waals surface area contributed by atoms with Crippen LogP contribution in [-0.2, 0) is 0 Å². The Morgan fingerprint density at radius 1 is 1.17 bits per heavy atom. The number of benzene rings is 1. The molecule has 0 bridgehead atoms. The molecule has 0 spiro atoms. The van der Waals surface area contributed by atoms with Crippen molar-refractivity contribution in [3.63, 3.8) is 0 Å². The summed E-state index contributed by atoms with van der Waals surface area (Å²) in [6.45, 7) is 3.12. The SMILES string of the molecule is CNCCCN(C)CCCC(=O)c1ccccc1. The van der Waals surface area contributed by atoms with Crippen molar-refractivity contribution in [1.82, 2.24) is 10.2 Å². The van der Waals surface area contributed by atoms with E-state index in [2.05, 4.69) is 17.3 Å². The highest BCUT2D eigenvalue weighted by Gasteiger charge is 2.05. The number of ketones is 1. The fourth-order valence-corrected chi connectivity index (χ4v) is 1.92. The predicted molar refractivity (Wildman–Crippen MR) is 76.0 cm³/mol. The van der Waals surface area contributed by atoms with E-state index in [1.165, 1.54) is 0 Å². The lowest BCUT2D eigenvalue weighted by atomic mass is 10.1. The Morgan fingerprint density at radius 3 is 2.50 bits per heavy atom. The van der Waals surface area contributed by atoms with Crippen LogP contribution in [0.2, 0.25) is 0 Å². The van der Waals surface area contributed by atoms with Crippen molar-refractivity contribution in [2.75, 3.05) is 33.7 Å². The van der Waals surface area contributed by atoms with Gasteiger partial charge in [-0.25, -0.2) is 0 Å². The molecule has 3 nitrogen and oxygen atoms in total. The number of rotatable bonds is 9. The normalized spacial score (nSPS) is 10.8. The van der Waals surface area contributed by atoms with E-state index in [1.54, 1.807) is 0 Å². The number of nitrogens with zero attached hydrogens (tertiary/aromatic N) is 1. The summed E-state index contributed by atoms with van der Waals surface area (Å²) in [5.41, 5.74) is 0.829. The Morgan fingerprint density at radius 2 is 1.83 bits per heavy atom. The first-order valence-corrected chi connectivity index (χ1v) is 6.65. The van der Waals surface area contributed by atoms with Gasteiger partial charge in [0, 0.05) is 12.0 Å². The van der Waals surface area contributed by atoms with Crippen molar-refractivity contribution in [2.24, 2.45) is 0 Å². The van der Waals surface area contributed by atoms with Crippen LogP contribution in [0.3, 0.4) is 0 Å². The second-order valence-corrected chi connectivity index (χ2v) is 4.65. The van der Waals surface area contributed by atoms with E-state index in [1.807, 2.05) is 37.4 Å². The average molecular weight is 248 g/mol. The Kier molecular flexibility index (Phi) is 7.30. The third kappa shape index (κ3) is 5.94. The smallest absolute Gasteiger partial charge is 0.162 e. The van der Waals surface area contributed by atoms with Crippen LogP contribution in [0.25, 0.3) is 0 Å². The monoisotopic (exact) mass is 248 g/mol. The van der Waals surface area contributed by atoms with Crippen molar-refractivity contribution in [3.05, 3.63) is 35.9 Å². The molecule has 0 unspecified atom stereocenters. The Hall–Kier alpha value is -1.19. The van der Waals surface area contributed by atoms with Gasteiger partial charge in [0.15, 0.2) is 5.78 Å². The van der Waals surface area contributed by atoms with Gasteiger partial charge in [-0.3, -0.25) is 4.79 Å². The molecule has 0 aliphatic rings. The van der Waals surface area contributed by atoms with Gasteiger partial charge >= 0.3 is 0 Å². The zero-order chi connectivity index (χ0) is 13.2. The lowest BCUT2D eigenvalue weighted by Crippen LogP contribution is -2.24. The zero-order valence-electron chi connectivity index (χ0n) is 11.5. The highest BCUT2D eigenvalue weighted by Crippen LogP contribution is 2.05. The lowest BCUT2D eigenvalue weighted by Gasteiger charge is -2.15. The number of hydrogen-bond donors (Lipinski definition) is 1. The molecule has 0 aliphatic heterocycles. The highest BCUT2D eigenvalue weighted by atomic mass is 16.1. The topological polar surface area (TPSA) is 32.3 Å². The maximum atomic E-state index is 11.9. The van der Waals surface area contributed by atoms with E-state index >= 15 is 0 Å². The summed E-state index contributed by atoms with van der Waals surface area (Å²) in [6.07, 6.45) is 2.73. The zero-order valence-corrected chi connectivity index (χ0v) is 11.5. The first-order chi connectivity index (χ1) is 8.74. The van der Waals surface area contributed by atoms with E-state index in [-0.39, 0.29) is 5.78 Å². The minimum absolute atomic E-state index is 0.249. The van der Waals surface area contributed by atoms with Crippen LogP contribution in [0.15, 0.2) is 30.3 Å². The van der Waals surface area contributed by atoms with Gasteiger partial charge in [0.05, 0.1) is 0 Å². The molecule has 1 aromatic rings. The summed E-state index contributed by atoms with van der Waals surface area (Å²) in [4.78, 5) is 14.1. The third-order valence-corrected chi connectivity index (χ3v) is 3.01. The molecule has 1 rings (SSSR count). The minimum Gasteiger partial charge on any atom is -0.320 e. The van der Waals surface area contributed by atoms with Gasteiger partial charge in [-0.15, -0.1) is 0 Å². The van der Waals surface area contributed by atoms with Crippen LogP contribution >= 0.6 is 0 Å². The lowest BCUT2D eigenvalue weighted by molar-refractivity contribution is 0.0976. The van der Waals surface area contributed by atoms with E-state index in [9.17, 15) is 4.79 Å². The fourth-order valence-electron chi connectivity index (χ4n) is 1.92. The molecule has 0 aliphatic carbocycles. The Bertz CT molecular complexity index is 338. The molecule has 0 amide bonds. The van der Waals surface area contributed by atoms with Crippen LogP contribution in [0.4, 0.5) is 0 Å². The summed E-state index contributed by atoms with van der Waals surface area (Å²) in [5.74, 6) is 0.249. The fraction of sp³-hybridized carbons (Fsp3) is 0.533. The van der Waals surface area contributed by atoms with Gasteiger partial charge in [-0.1, -0.05) is 30.3 Å². The van der Waals surface area contributed by atoms with Crippen LogP contribution < -0.4 is 5.32 Å². The summed E-state index contributed by atoms with van der Waals surface area (Å²) >= 11 is 0. The molecule has 0 fully saturated rings. The first kappa shape index (κ1) is 14.9. The van der Waals surface area contributed by atoms with Gasteiger partial charge in [0.1, 0.15) is 0 Å². The van der Waals surface area contributed by atoms with E-state index in [4.69, 9.17) is 0 Å². The van der Waals surface area contributed by atoms with Crippen molar-refractivity contribution >= 4 is 5.78 Å². The van der Waals surface area contributed by atoms with Gasteiger partial charge in [0.25, 0.3) is 0 Å². The minimum atomic E-state index is 0.249. The molecule has 1 aromatic carbocycles. The van der Waals surface area contributed by atoms with Gasteiger partial charge in [-0.2, -0.15) is 0 Å². The second-order valence-electron chi connectivity index (χ2n) is 4.65. The van der Waals surface area contributed by atoms with E-state index < -0.39 is 0 Å². The molecule has 0 saturated heterocycles. The second kappa shape index (κ2) is 8.84. The van der Waals surface area contributed by atoms with E-state index in [0.717, 1.165) is 38.0 Å². The molecule has 1 N–H and O–H groups in total. The van der Waals surface area contributed by atoms with Crippen molar-refractivity contribution in [1.29, 1.82) is 0 Å². The molecule has 0 atom stereocenters. The van der Waals surface area contributed by atoms with Crippen molar-refractivity contribution in [2.45, 2.75) is 19.3 Å². The maximum absolute atomic E-state index is 11.9. The number of hydrogen-bond acceptors (Lipinski definition) is 3. The molecule has 18 heavy (non-hydrogen) atoms. The Labute approximate surface area is 110 Å². The predicted octanol–water partition coefficient (Wildman–Crippen LogP) is 2.19. The highest BCUT2D eigenvalue weighted by molar-refractivity contribution is 5.95. The number of nitrogens with one attached hydrogen (secondary N) is 1. The molecular weight excluding hydrogens is 224 g/mol. The number of carbonyl (C=O) groups excluding carboxylic acids is 1. The molecule has 0 heterocycles. The molecule has 100 valence electrons. The summed E-state index contributed by atoms with van der Waals surface area (Å²) in [6, 6.07) is 9.54. The summed E-state index contributed by atoms with van der Waals surface area (Å²) < 4.78 is 0. The van der Waals surface area contributed by atoms with Crippen molar-refractivity contribution < 1.29 is 4.79 Å². The van der Waals surface area contributed by atoms with Gasteiger partial charge in [-0.05, 0) is 46.6 Å². The molecule has 0 saturated carbocycles. The quantitative estimate of drug-likeness (QED) is 0.537. The largest absolute Gasteiger partial charge is 0.320 e. The Balaban J connectivity index is 2.16. The van der Waals surface area contributed by atoms with E-state index in [0.29, 0.717) is 6.42 Å². The maximum Gasteiger partial charge on any atom is 0.162 e. The molecular formula is C15H24N2O. The molecule has 0 radical (unpaired) electrons. The average Bonchev–Trinajstić information content (AvgIpc) is 2.40. The summed E-state index contributed by atoms with van der Waals surface area (Å²) in [7, 11) is 4.08. The van der Waals surface area contributed by atoms with Gasteiger partial charge in [0.2, 0.25) is 0 Å². The first-order valence-electron chi connectivity index (χ1n) is 6.65. The standard InChI is InChI=1S/C15H24N2O/c1-16-11-7-13-17(2)12-6-10-15(18)14-8-4-3-5-9-14/h3-5,8-9,16H,6-7,10-13H2,1-2H3. The molecule has 0 aromatic heterocycles. The third-order valence-electron chi connectivity index (χ3n) is 3.01. The van der Waals surface area contributed by atoms with Crippen LogP contribution in [0, 0.1) is 0 Å². The summed E-state index contributed by atoms with van der Waals surface area (Å²) in [5, 5.41) is 3.14. The number of carbonyl (C=O) groups is 1. The number of Topliss-reactive ketones (excluding diaryl/α,β-unsaturated/α-hetero) is 1. The molecule has 3 heteroatoms. The van der Waals surface area contributed by atoms with Crippen molar-refractivity contribution in [3.8, 4) is 0 Å².